The minimum atomic E-state index is -0.196. The van der Waals surface area contributed by atoms with Crippen LogP contribution in [0.15, 0.2) is 36.4 Å². The van der Waals surface area contributed by atoms with E-state index in [0.29, 0.717) is 23.9 Å². The van der Waals surface area contributed by atoms with Gasteiger partial charge in [-0.05, 0) is 31.9 Å². The number of aromatic nitrogens is 2. The van der Waals surface area contributed by atoms with E-state index < -0.39 is 0 Å². The van der Waals surface area contributed by atoms with Crippen LogP contribution in [0.1, 0.15) is 29.2 Å². The second-order valence-corrected chi connectivity index (χ2v) is 5.90. The number of amides is 1. The largest absolute Gasteiger partial charge is 0.376 e. The van der Waals surface area contributed by atoms with E-state index in [4.69, 9.17) is 4.74 Å². The zero-order valence-electron chi connectivity index (χ0n) is 14.0. The lowest BCUT2D eigenvalue weighted by atomic mass is 10.2. The van der Waals surface area contributed by atoms with Crippen LogP contribution in [0, 0.1) is 6.92 Å². The van der Waals surface area contributed by atoms with Gasteiger partial charge < -0.3 is 15.0 Å². The third-order valence-corrected chi connectivity index (χ3v) is 4.06. The standard InChI is InChI=1S/C18H22N4O2/c1-13-20-16(18(23)19-12-15-9-6-10-24-15)11-17(21-13)22(2)14-7-4-3-5-8-14/h3-5,7-8,11,15H,6,9-10,12H2,1-2H3,(H,19,23). The Morgan fingerprint density at radius 2 is 2.12 bits per heavy atom. The number of ether oxygens (including phenoxy) is 1. The predicted octanol–water partition coefficient (Wildman–Crippen LogP) is 2.46. The van der Waals surface area contributed by atoms with Crippen molar-refractivity contribution in [1.82, 2.24) is 15.3 Å². The monoisotopic (exact) mass is 326 g/mol. The molecule has 24 heavy (non-hydrogen) atoms. The van der Waals surface area contributed by atoms with E-state index in [9.17, 15) is 4.79 Å². The lowest BCUT2D eigenvalue weighted by Gasteiger charge is -2.19. The fourth-order valence-corrected chi connectivity index (χ4v) is 2.73. The first-order chi connectivity index (χ1) is 11.6. The van der Waals surface area contributed by atoms with Crippen LogP contribution in [0.4, 0.5) is 11.5 Å². The number of nitrogens with zero attached hydrogens (tertiary/aromatic N) is 3. The molecule has 1 aromatic heterocycles. The van der Waals surface area contributed by atoms with Gasteiger partial charge in [-0.25, -0.2) is 9.97 Å². The van der Waals surface area contributed by atoms with Gasteiger partial charge in [0.2, 0.25) is 0 Å². The average molecular weight is 326 g/mol. The van der Waals surface area contributed by atoms with E-state index in [1.165, 1.54) is 0 Å². The number of aryl methyl sites for hydroxylation is 1. The number of anilines is 2. The van der Waals surface area contributed by atoms with Crippen molar-refractivity contribution in [3.8, 4) is 0 Å². The van der Waals surface area contributed by atoms with Crippen LogP contribution in [-0.4, -0.2) is 42.2 Å². The summed E-state index contributed by atoms with van der Waals surface area (Å²) < 4.78 is 5.53. The first-order valence-corrected chi connectivity index (χ1v) is 8.18. The summed E-state index contributed by atoms with van der Waals surface area (Å²) in [7, 11) is 1.92. The molecular formula is C18H22N4O2. The van der Waals surface area contributed by atoms with Gasteiger partial charge in [-0.3, -0.25) is 4.79 Å². The Kier molecular flexibility index (Phi) is 5.05. The number of nitrogens with one attached hydrogen (secondary N) is 1. The Bertz CT molecular complexity index is 699. The molecule has 1 N–H and O–H groups in total. The van der Waals surface area contributed by atoms with E-state index in [2.05, 4.69) is 15.3 Å². The SMILES string of the molecule is Cc1nc(C(=O)NCC2CCCO2)cc(N(C)c2ccccc2)n1. The van der Waals surface area contributed by atoms with E-state index in [1.807, 2.05) is 42.3 Å². The van der Waals surface area contributed by atoms with Crippen LogP contribution < -0.4 is 10.2 Å². The Hall–Kier alpha value is -2.47. The molecule has 1 amide bonds. The van der Waals surface area contributed by atoms with Crippen molar-refractivity contribution in [3.63, 3.8) is 0 Å². The fraction of sp³-hybridized carbons (Fsp3) is 0.389. The van der Waals surface area contributed by atoms with Gasteiger partial charge in [0.1, 0.15) is 17.3 Å². The zero-order valence-corrected chi connectivity index (χ0v) is 14.0. The van der Waals surface area contributed by atoms with Crippen LogP contribution in [0.3, 0.4) is 0 Å². The highest BCUT2D eigenvalue weighted by Crippen LogP contribution is 2.21. The zero-order chi connectivity index (χ0) is 16.9. The molecule has 0 saturated carbocycles. The molecule has 1 fully saturated rings. The molecule has 1 saturated heterocycles. The summed E-state index contributed by atoms with van der Waals surface area (Å²) in [5, 5.41) is 2.90. The van der Waals surface area contributed by atoms with Crippen LogP contribution in [0.25, 0.3) is 0 Å². The van der Waals surface area contributed by atoms with Crippen LogP contribution >= 0.6 is 0 Å². The molecule has 1 unspecified atom stereocenters. The topological polar surface area (TPSA) is 67.3 Å². The number of rotatable bonds is 5. The molecule has 1 aliphatic rings. The molecule has 1 aliphatic heterocycles. The number of carbonyl (C=O) groups excluding carboxylic acids is 1. The third kappa shape index (κ3) is 3.89. The number of benzene rings is 1. The third-order valence-electron chi connectivity index (χ3n) is 4.06. The second kappa shape index (κ2) is 7.40. The van der Waals surface area contributed by atoms with Crippen LogP contribution in [0.2, 0.25) is 0 Å². The molecule has 0 radical (unpaired) electrons. The van der Waals surface area contributed by atoms with Gasteiger partial charge in [-0.15, -0.1) is 0 Å². The molecule has 126 valence electrons. The lowest BCUT2D eigenvalue weighted by Crippen LogP contribution is -2.32. The molecular weight excluding hydrogens is 304 g/mol. The molecule has 2 heterocycles. The summed E-state index contributed by atoms with van der Waals surface area (Å²) in [6, 6.07) is 11.6. The molecule has 1 aromatic carbocycles. The second-order valence-electron chi connectivity index (χ2n) is 5.90. The minimum absolute atomic E-state index is 0.114. The number of carbonyl (C=O) groups is 1. The van der Waals surface area contributed by atoms with Crippen molar-refractivity contribution in [3.05, 3.63) is 47.9 Å². The number of hydrogen-bond acceptors (Lipinski definition) is 5. The van der Waals surface area contributed by atoms with Gasteiger partial charge >= 0.3 is 0 Å². The first-order valence-electron chi connectivity index (χ1n) is 8.18. The van der Waals surface area contributed by atoms with Crippen molar-refractivity contribution < 1.29 is 9.53 Å². The molecule has 0 bridgehead atoms. The first kappa shape index (κ1) is 16.4. The summed E-state index contributed by atoms with van der Waals surface area (Å²) in [5.74, 6) is 1.06. The summed E-state index contributed by atoms with van der Waals surface area (Å²) in [5.41, 5.74) is 1.37. The van der Waals surface area contributed by atoms with Gasteiger partial charge in [0.25, 0.3) is 5.91 Å². The molecule has 3 rings (SSSR count). The Morgan fingerprint density at radius 3 is 2.83 bits per heavy atom. The van der Waals surface area contributed by atoms with Gasteiger partial charge in [-0.2, -0.15) is 0 Å². The Balaban J connectivity index is 1.74. The maximum absolute atomic E-state index is 12.4. The summed E-state index contributed by atoms with van der Waals surface area (Å²) in [4.78, 5) is 23.0. The average Bonchev–Trinajstić information content (AvgIpc) is 3.12. The number of para-hydroxylation sites is 1. The van der Waals surface area contributed by atoms with E-state index in [0.717, 1.165) is 25.1 Å². The van der Waals surface area contributed by atoms with Gasteiger partial charge in [0.05, 0.1) is 6.10 Å². The van der Waals surface area contributed by atoms with E-state index in [-0.39, 0.29) is 12.0 Å². The predicted molar refractivity (Wildman–Crippen MR) is 92.6 cm³/mol. The Labute approximate surface area is 141 Å². The molecule has 0 aliphatic carbocycles. The summed E-state index contributed by atoms with van der Waals surface area (Å²) in [6.45, 7) is 3.09. The highest BCUT2D eigenvalue weighted by Gasteiger charge is 2.18. The maximum Gasteiger partial charge on any atom is 0.270 e. The van der Waals surface area contributed by atoms with Gasteiger partial charge in [0.15, 0.2) is 0 Å². The van der Waals surface area contributed by atoms with Gasteiger partial charge in [0, 0.05) is 32.0 Å². The molecule has 2 aromatic rings. The van der Waals surface area contributed by atoms with Crippen LogP contribution in [0.5, 0.6) is 0 Å². The molecule has 1 atom stereocenters. The quantitative estimate of drug-likeness (QED) is 0.914. The summed E-state index contributed by atoms with van der Waals surface area (Å²) in [6.07, 6.45) is 2.16. The normalized spacial score (nSPS) is 16.8. The minimum Gasteiger partial charge on any atom is -0.376 e. The van der Waals surface area contributed by atoms with Crippen molar-refractivity contribution in [2.45, 2.75) is 25.9 Å². The van der Waals surface area contributed by atoms with Crippen molar-refractivity contribution in [1.29, 1.82) is 0 Å². The maximum atomic E-state index is 12.4. The van der Waals surface area contributed by atoms with Crippen molar-refractivity contribution in [2.75, 3.05) is 25.1 Å². The van der Waals surface area contributed by atoms with Crippen molar-refractivity contribution in [2.24, 2.45) is 0 Å². The molecule has 6 heteroatoms. The lowest BCUT2D eigenvalue weighted by molar-refractivity contribution is 0.0853. The fourth-order valence-electron chi connectivity index (χ4n) is 2.73. The molecule has 0 spiro atoms. The van der Waals surface area contributed by atoms with Crippen LogP contribution in [-0.2, 0) is 4.74 Å². The van der Waals surface area contributed by atoms with Crippen molar-refractivity contribution >= 4 is 17.4 Å². The van der Waals surface area contributed by atoms with E-state index >= 15 is 0 Å². The number of hydrogen-bond donors (Lipinski definition) is 1. The smallest absolute Gasteiger partial charge is 0.270 e. The molecule has 6 nitrogen and oxygen atoms in total. The summed E-state index contributed by atoms with van der Waals surface area (Å²) >= 11 is 0. The highest BCUT2D eigenvalue weighted by molar-refractivity contribution is 5.93. The Morgan fingerprint density at radius 1 is 1.33 bits per heavy atom. The highest BCUT2D eigenvalue weighted by atomic mass is 16.5. The van der Waals surface area contributed by atoms with Gasteiger partial charge in [-0.1, -0.05) is 18.2 Å². The van der Waals surface area contributed by atoms with E-state index in [1.54, 1.807) is 13.0 Å².